The highest BCUT2D eigenvalue weighted by Gasteiger charge is 2.34. The van der Waals surface area contributed by atoms with Crippen LogP contribution in [0.3, 0.4) is 0 Å². The summed E-state index contributed by atoms with van der Waals surface area (Å²) in [5.74, 6) is 5.46. The highest BCUT2D eigenvalue weighted by molar-refractivity contribution is 5.85. The second-order valence-corrected chi connectivity index (χ2v) is 12.5. The lowest BCUT2D eigenvalue weighted by Gasteiger charge is -2.37. The third kappa shape index (κ3) is 6.06. The maximum Gasteiger partial charge on any atom is 0.204 e. The van der Waals surface area contributed by atoms with Crippen LogP contribution in [0.1, 0.15) is 45.5 Å². The van der Waals surface area contributed by atoms with Crippen molar-refractivity contribution >= 4 is 12.4 Å². The number of hydrogen-bond donors (Lipinski definition) is 0. The summed E-state index contributed by atoms with van der Waals surface area (Å²) in [4.78, 5) is 4.81. The molecule has 0 aromatic heterocycles. The quantitative estimate of drug-likeness (QED) is 0.222. The first-order valence-electron chi connectivity index (χ1n) is 15.9. The molecule has 0 amide bonds. The van der Waals surface area contributed by atoms with Crippen LogP contribution in [0, 0.1) is 0 Å². The van der Waals surface area contributed by atoms with Gasteiger partial charge >= 0.3 is 0 Å². The fraction of sp³-hybridized carbons (Fsp3) is 0.368. The van der Waals surface area contributed by atoms with E-state index in [1.807, 2.05) is 18.2 Å². The molecule has 248 valence electrons. The molecule has 0 unspecified atom stereocenters. The second kappa shape index (κ2) is 13.6. The molecule has 6 bridgehead atoms. The van der Waals surface area contributed by atoms with E-state index in [-0.39, 0.29) is 24.5 Å². The fourth-order valence-corrected chi connectivity index (χ4v) is 7.28. The van der Waals surface area contributed by atoms with E-state index in [0.29, 0.717) is 40.2 Å². The molecular weight excluding hydrogens is 616 g/mol. The molecule has 8 rings (SSSR count). The Labute approximate surface area is 283 Å². The van der Waals surface area contributed by atoms with Crippen molar-refractivity contribution in [1.29, 1.82) is 0 Å². The topological polar surface area (TPSA) is 61.9 Å². The molecule has 0 N–H and O–H groups in total. The summed E-state index contributed by atoms with van der Waals surface area (Å²) in [6.45, 7) is 1.86. The molecular formula is C38H43ClN2O6. The Hall–Kier alpha value is -4.11. The highest BCUT2D eigenvalue weighted by Crippen LogP contribution is 2.51. The van der Waals surface area contributed by atoms with Crippen molar-refractivity contribution < 1.29 is 28.4 Å². The largest absolute Gasteiger partial charge is 0.493 e. The van der Waals surface area contributed by atoms with Gasteiger partial charge in [-0.25, -0.2) is 0 Å². The fourth-order valence-electron chi connectivity index (χ4n) is 7.28. The third-order valence-corrected chi connectivity index (χ3v) is 9.85. The van der Waals surface area contributed by atoms with E-state index in [1.165, 1.54) is 22.3 Å². The van der Waals surface area contributed by atoms with Crippen LogP contribution in [-0.2, 0) is 25.7 Å². The first-order valence-corrected chi connectivity index (χ1v) is 15.9. The third-order valence-electron chi connectivity index (χ3n) is 9.85. The van der Waals surface area contributed by atoms with Crippen molar-refractivity contribution in [2.75, 3.05) is 55.6 Å². The molecule has 0 aliphatic carbocycles. The van der Waals surface area contributed by atoms with Crippen molar-refractivity contribution in [3.63, 3.8) is 0 Å². The Morgan fingerprint density at radius 1 is 0.617 bits per heavy atom. The minimum absolute atomic E-state index is 0. The smallest absolute Gasteiger partial charge is 0.204 e. The molecule has 0 fully saturated rings. The SMILES string of the molecule is COc1ccc2cc1Oc1ccc(cc1)C[C@H]1c3c(cc(OC)c(OC)c3Oc3cc4c(cc3OC)CCN(C)[C@@H]4C2)CCN1C.Cl. The van der Waals surface area contributed by atoms with Gasteiger partial charge in [0.25, 0.3) is 0 Å². The van der Waals surface area contributed by atoms with Crippen molar-refractivity contribution in [3.05, 3.63) is 94.0 Å². The molecule has 8 nitrogen and oxygen atoms in total. The zero-order chi connectivity index (χ0) is 31.9. The van der Waals surface area contributed by atoms with Gasteiger partial charge in [-0.2, -0.15) is 0 Å². The molecule has 4 aliphatic rings. The van der Waals surface area contributed by atoms with Crippen LogP contribution in [0.15, 0.2) is 60.7 Å². The van der Waals surface area contributed by atoms with Crippen LogP contribution in [0.2, 0.25) is 0 Å². The second-order valence-electron chi connectivity index (χ2n) is 12.5. The maximum atomic E-state index is 7.03. The summed E-state index contributed by atoms with van der Waals surface area (Å²) in [6, 6.07) is 21.2. The number of ether oxygens (including phenoxy) is 6. The molecule has 4 aliphatic heterocycles. The average Bonchev–Trinajstić information content (AvgIpc) is 3.07. The molecule has 0 saturated heterocycles. The predicted molar refractivity (Wildman–Crippen MR) is 185 cm³/mol. The van der Waals surface area contributed by atoms with Crippen molar-refractivity contribution in [2.45, 2.75) is 37.8 Å². The first kappa shape index (κ1) is 32.8. The van der Waals surface area contributed by atoms with Crippen LogP contribution in [0.5, 0.6) is 46.0 Å². The summed E-state index contributed by atoms with van der Waals surface area (Å²) in [5.41, 5.74) is 7.15. The lowest BCUT2D eigenvalue weighted by atomic mass is 9.87. The van der Waals surface area contributed by atoms with E-state index in [2.05, 4.69) is 66.4 Å². The van der Waals surface area contributed by atoms with Gasteiger partial charge < -0.3 is 28.4 Å². The number of hydrogen-bond acceptors (Lipinski definition) is 8. The van der Waals surface area contributed by atoms with Crippen LogP contribution in [0.25, 0.3) is 0 Å². The standard InChI is InChI=1S/C38H42N2O6.ClH/c1-39-15-13-25-20-32(42-4)34-22-28(25)29(39)18-24-9-12-31(41-3)33(19-24)45-27-10-7-23(8-11-27)17-30-36-26(14-16-40(30)2)21-35(43-5)37(44-6)38(36)46-34;/h7-12,19-22,29-30H,13-18H2,1-6H3;1H/t29-,30+;/m1./s1. The Bertz CT molecular complexity index is 1760. The molecule has 47 heavy (non-hydrogen) atoms. The van der Waals surface area contributed by atoms with E-state index in [9.17, 15) is 0 Å². The molecule has 9 heteroatoms. The summed E-state index contributed by atoms with van der Waals surface area (Å²) >= 11 is 0. The molecule has 4 aromatic carbocycles. The van der Waals surface area contributed by atoms with Gasteiger partial charge in [-0.05, 0) is 110 Å². The van der Waals surface area contributed by atoms with Gasteiger partial charge in [-0.15, -0.1) is 12.4 Å². The van der Waals surface area contributed by atoms with Crippen LogP contribution in [-0.4, -0.2) is 65.4 Å². The van der Waals surface area contributed by atoms with E-state index in [4.69, 9.17) is 28.4 Å². The Kier molecular flexibility index (Phi) is 9.46. The molecule has 0 saturated carbocycles. The number of halogens is 1. The number of likely N-dealkylation sites (N-methyl/N-ethyl adjacent to an activating group) is 2. The minimum Gasteiger partial charge on any atom is -0.493 e. The normalized spacial score (nSPS) is 18.8. The summed E-state index contributed by atoms with van der Waals surface area (Å²) < 4.78 is 37.1. The number of benzene rings is 4. The molecule has 0 radical (unpaired) electrons. The molecule has 4 heterocycles. The van der Waals surface area contributed by atoms with Crippen molar-refractivity contribution in [3.8, 4) is 46.0 Å². The van der Waals surface area contributed by atoms with Gasteiger partial charge in [0.05, 0.1) is 28.4 Å². The summed E-state index contributed by atoms with van der Waals surface area (Å²) in [6.07, 6.45) is 3.37. The number of fused-ring (bicyclic) bond motifs is 2. The van der Waals surface area contributed by atoms with Gasteiger partial charge in [0.2, 0.25) is 5.75 Å². The van der Waals surface area contributed by atoms with Gasteiger partial charge in [-0.1, -0.05) is 18.2 Å². The first-order chi connectivity index (χ1) is 22.4. The van der Waals surface area contributed by atoms with Crippen molar-refractivity contribution in [1.82, 2.24) is 9.80 Å². The molecule has 2 atom stereocenters. The van der Waals surface area contributed by atoms with Gasteiger partial charge in [0.1, 0.15) is 5.75 Å². The lowest BCUT2D eigenvalue weighted by molar-refractivity contribution is 0.220. The van der Waals surface area contributed by atoms with E-state index >= 15 is 0 Å². The van der Waals surface area contributed by atoms with Gasteiger partial charge in [0.15, 0.2) is 34.5 Å². The summed E-state index contributed by atoms with van der Waals surface area (Å²) in [5, 5.41) is 0. The zero-order valence-electron chi connectivity index (χ0n) is 27.9. The molecule has 0 spiro atoms. The average molecular weight is 659 g/mol. The van der Waals surface area contributed by atoms with E-state index in [1.54, 1.807) is 28.4 Å². The Balaban J connectivity index is 0.00000386. The van der Waals surface area contributed by atoms with Gasteiger partial charge in [0, 0.05) is 30.7 Å². The number of rotatable bonds is 4. The van der Waals surface area contributed by atoms with Gasteiger partial charge in [-0.3, -0.25) is 9.80 Å². The van der Waals surface area contributed by atoms with E-state index in [0.717, 1.165) is 55.6 Å². The Morgan fingerprint density at radius 3 is 1.94 bits per heavy atom. The van der Waals surface area contributed by atoms with E-state index < -0.39 is 0 Å². The summed E-state index contributed by atoms with van der Waals surface area (Å²) in [7, 11) is 11.1. The maximum absolute atomic E-state index is 7.03. The zero-order valence-corrected chi connectivity index (χ0v) is 28.7. The number of nitrogens with zero attached hydrogens (tertiary/aromatic N) is 2. The monoisotopic (exact) mass is 658 g/mol. The lowest BCUT2D eigenvalue weighted by Crippen LogP contribution is -2.34. The highest BCUT2D eigenvalue weighted by atomic mass is 35.5. The molecule has 4 aromatic rings. The minimum atomic E-state index is 0. The Morgan fingerprint density at radius 2 is 1.23 bits per heavy atom. The number of methoxy groups -OCH3 is 4. The van der Waals surface area contributed by atoms with Crippen LogP contribution in [0.4, 0.5) is 0 Å². The predicted octanol–water partition coefficient (Wildman–Crippen LogP) is 7.58. The van der Waals surface area contributed by atoms with Crippen molar-refractivity contribution in [2.24, 2.45) is 0 Å². The van der Waals surface area contributed by atoms with Crippen LogP contribution >= 0.6 is 12.4 Å². The van der Waals surface area contributed by atoms with Crippen LogP contribution < -0.4 is 28.4 Å².